The van der Waals surface area contributed by atoms with Gasteiger partial charge in [-0.25, -0.2) is 0 Å². The second-order valence-corrected chi connectivity index (χ2v) is 7.82. The molecule has 0 aromatic carbocycles. The number of hydrogen-bond acceptors (Lipinski definition) is 6. The van der Waals surface area contributed by atoms with E-state index in [1.807, 2.05) is 19.9 Å². The topological polar surface area (TPSA) is 79.5 Å². The van der Waals surface area contributed by atoms with E-state index in [4.69, 9.17) is 18.9 Å². The number of rotatable bonds is 7. The number of ether oxygens (including phenoxy) is 2. The Bertz CT molecular complexity index is 697. The van der Waals surface area contributed by atoms with Gasteiger partial charge in [0.2, 0.25) is 0 Å². The number of guanidine groups is 1. The van der Waals surface area contributed by atoms with Gasteiger partial charge < -0.3 is 24.1 Å². The number of halogens is 1. The maximum Gasteiger partial charge on any atom is 0.309 e. The second kappa shape index (κ2) is 13.3. The molecule has 0 aliphatic carbocycles. The van der Waals surface area contributed by atoms with Crippen molar-refractivity contribution in [3.05, 3.63) is 23.7 Å². The predicted molar refractivity (Wildman–Crippen MR) is 131 cm³/mol. The van der Waals surface area contributed by atoms with E-state index in [-0.39, 0.29) is 41.9 Å². The number of aryl methyl sites for hydroxylation is 1. The molecule has 3 rings (SSSR count). The zero-order chi connectivity index (χ0) is 21.3. The van der Waals surface area contributed by atoms with Crippen molar-refractivity contribution in [2.75, 3.05) is 59.1 Å². The molecule has 31 heavy (non-hydrogen) atoms. The number of nitrogens with zero attached hydrogens (tertiary/aromatic N) is 3. The summed E-state index contributed by atoms with van der Waals surface area (Å²) in [6.07, 6.45) is 1.60. The molecule has 1 aromatic rings. The number of morpholine rings is 1. The van der Waals surface area contributed by atoms with Gasteiger partial charge in [-0.3, -0.25) is 14.7 Å². The molecular weight excluding hydrogens is 511 g/mol. The van der Waals surface area contributed by atoms with Crippen LogP contribution < -0.4 is 5.32 Å². The van der Waals surface area contributed by atoms with Crippen molar-refractivity contribution >= 4 is 35.9 Å². The lowest BCUT2D eigenvalue weighted by molar-refractivity contribution is -0.149. The minimum absolute atomic E-state index is 0. The predicted octanol–water partition coefficient (Wildman–Crippen LogP) is 2.82. The Morgan fingerprint density at radius 2 is 1.94 bits per heavy atom. The molecule has 2 saturated heterocycles. The van der Waals surface area contributed by atoms with Crippen LogP contribution in [0.1, 0.15) is 44.3 Å². The van der Waals surface area contributed by atoms with E-state index >= 15 is 0 Å². The number of aliphatic imine (C=N–C) groups is 1. The Kier molecular flexibility index (Phi) is 11.1. The molecule has 1 unspecified atom stereocenters. The van der Waals surface area contributed by atoms with E-state index in [2.05, 4.69) is 28.1 Å². The van der Waals surface area contributed by atoms with Gasteiger partial charge in [0, 0.05) is 32.7 Å². The molecule has 9 heteroatoms. The van der Waals surface area contributed by atoms with E-state index < -0.39 is 0 Å². The molecule has 0 amide bonds. The molecule has 0 spiro atoms. The fraction of sp³-hybridized carbons (Fsp3) is 0.727. The van der Waals surface area contributed by atoms with Crippen LogP contribution in [-0.2, 0) is 14.3 Å². The summed E-state index contributed by atoms with van der Waals surface area (Å²) in [5.41, 5.74) is 0. The number of carbonyl (C=O) groups is 1. The SMILES string of the molecule is CCNC(=NCC(c1ccc(C)o1)N1CCOCC1)N1CCC(C(=O)OCC)CC1.I. The molecule has 2 aliphatic heterocycles. The molecule has 2 aliphatic rings. The van der Waals surface area contributed by atoms with E-state index in [1.165, 1.54) is 0 Å². The van der Waals surface area contributed by atoms with Crippen LogP contribution in [0.5, 0.6) is 0 Å². The minimum Gasteiger partial charge on any atom is -0.466 e. The summed E-state index contributed by atoms with van der Waals surface area (Å²) in [6, 6.07) is 4.16. The summed E-state index contributed by atoms with van der Waals surface area (Å²) in [4.78, 5) is 21.7. The fourth-order valence-electron chi connectivity index (χ4n) is 4.09. The highest BCUT2D eigenvalue weighted by atomic mass is 127. The molecule has 2 fully saturated rings. The third-order valence-electron chi connectivity index (χ3n) is 5.74. The van der Waals surface area contributed by atoms with Gasteiger partial charge in [0.05, 0.1) is 38.3 Å². The first kappa shape index (κ1) is 25.9. The molecule has 1 aromatic heterocycles. The van der Waals surface area contributed by atoms with Gasteiger partial charge in [0.25, 0.3) is 0 Å². The Labute approximate surface area is 202 Å². The molecule has 3 heterocycles. The van der Waals surface area contributed by atoms with Gasteiger partial charge in [-0.2, -0.15) is 0 Å². The first-order valence-electron chi connectivity index (χ1n) is 11.2. The monoisotopic (exact) mass is 548 g/mol. The Morgan fingerprint density at radius 1 is 1.23 bits per heavy atom. The zero-order valence-corrected chi connectivity index (χ0v) is 21.3. The summed E-state index contributed by atoms with van der Waals surface area (Å²) in [5, 5.41) is 3.42. The molecule has 0 radical (unpaired) electrons. The van der Waals surface area contributed by atoms with E-state index in [1.54, 1.807) is 0 Å². The van der Waals surface area contributed by atoms with E-state index in [9.17, 15) is 4.79 Å². The zero-order valence-electron chi connectivity index (χ0n) is 19.0. The normalized spacial score (nSPS) is 19.6. The number of piperidine rings is 1. The van der Waals surface area contributed by atoms with Crippen molar-refractivity contribution in [2.24, 2.45) is 10.9 Å². The van der Waals surface area contributed by atoms with Gasteiger partial charge in [-0.1, -0.05) is 0 Å². The highest BCUT2D eigenvalue weighted by Gasteiger charge is 2.29. The first-order chi connectivity index (χ1) is 14.6. The van der Waals surface area contributed by atoms with Crippen LogP contribution in [0.15, 0.2) is 21.5 Å². The summed E-state index contributed by atoms with van der Waals surface area (Å²) in [6.45, 7) is 12.6. The van der Waals surface area contributed by atoms with Crippen molar-refractivity contribution in [3.8, 4) is 0 Å². The summed E-state index contributed by atoms with van der Waals surface area (Å²) in [7, 11) is 0. The van der Waals surface area contributed by atoms with Crippen LogP contribution >= 0.6 is 24.0 Å². The van der Waals surface area contributed by atoms with Gasteiger partial charge in [0.1, 0.15) is 11.5 Å². The number of esters is 1. The van der Waals surface area contributed by atoms with Crippen LogP contribution in [0.3, 0.4) is 0 Å². The standard InChI is InChI=1S/C22H36N4O4.HI/c1-4-23-22(26-10-8-18(9-11-26)21(27)29-5-2)24-16-19(20-7-6-17(3)30-20)25-12-14-28-15-13-25;/h6-7,18-19H,4-5,8-16H2,1-3H3,(H,23,24);1H. The van der Waals surface area contributed by atoms with Crippen LogP contribution in [0, 0.1) is 12.8 Å². The van der Waals surface area contributed by atoms with E-state index in [0.29, 0.717) is 13.2 Å². The van der Waals surface area contributed by atoms with E-state index in [0.717, 1.165) is 76.3 Å². The Morgan fingerprint density at radius 3 is 2.52 bits per heavy atom. The van der Waals surface area contributed by atoms with Crippen LogP contribution in [0.4, 0.5) is 0 Å². The summed E-state index contributed by atoms with van der Waals surface area (Å²) in [5.74, 6) is 2.70. The highest BCUT2D eigenvalue weighted by Crippen LogP contribution is 2.25. The quantitative estimate of drug-likeness (QED) is 0.243. The van der Waals surface area contributed by atoms with Crippen LogP contribution in [0.2, 0.25) is 0 Å². The van der Waals surface area contributed by atoms with Crippen LogP contribution in [-0.4, -0.2) is 80.8 Å². The maximum atomic E-state index is 12.0. The fourth-order valence-corrected chi connectivity index (χ4v) is 4.09. The van der Waals surface area contributed by atoms with Crippen molar-refractivity contribution in [1.29, 1.82) is 0 Å². The molecule has 0 saturated carbocycles. The average molecular weight is 548 g/mol. The van der Waals surface area contributed by atoms with Crippen molar-refractivity contribution in [2.45, 2.75) is 39.7 Å². The minimum atomic E-state index is -0.0698. The lowest BCUT2D eigenvalue weighted by Crippen LogP contribution is -2.47. The molecule has 0 bridgehead atoms. The molecule has 1 N–H and O–H groups in total. The number of likely N-dealkylation sites (tertiary alicyclic amines) is 1. The number of furan rings is 1. The van der Waals surface area contributed by atoms with Crippen molar-refractivity contribution in [1.82, 2.24) is 15.1 Å². The average Bonchev–Trinajstić information content (AvgIpc) is 3.20. The Balaban J connectivity index is 0.00000341. The lowest BCUT2D eigenvalue weighted by Gasteiger charge is -2.35. The largest absolute Gasteiger partial charge is 0.466 e. The highest BCUT2D eigenvalue weighted by molar-refractivity contribution is 14.0. The van der Waals surface area contributed by atoms with Crippen molar-refractivity contribution < 1.29 is 18.7 Å². The number of carbonyl (C=O) groups excluding carboxylic acids is 1. The van der Waals surface area contributed by atoms with Gasteiger partial charge in [-0.15, -0.1) is 24.0 Å². The molecule has 1 atom stereocenters. The third-order valence-corrected chi connectivity index (χ3v) is 5.74. The number of hydrogen-bond donors (Lipinski definition) is 1. The molecule has 8 nitrogen and oxygen atoms in total. The number of nitrogens with one attached hydrogen (secondary N) is 1. The molecular formula is C22H37IN4O4. The second-order valence-electron chi connectivity index (χ2n) is 7.82. The maximum absolute atomic E-state index is 12.0. The van der Waals surface area contributed by atoms with Gasteiger partial charge in [0.15, 0.2) is 5.96 Å². The first-order valence-corrected chi connectivity index (χ1v) is 11.2. The van der Waals surface area contributed by atoms with Gasteiger partial charge in [-0.05, 0) is 45.7 Å². The van der Waals surface area contributed by atoms with Gasteiger partial charge >= 0.3 is 5.97 Å². The Hall–Kier alpha value is -1.33. The van der Waals surface area contributed by atoms with Crippen LogP contribution in [0.25, 0.3) is 0 Å². The lowest BCUT2D eigenvalue weighted by atomic mass is 9.97. The smallest absolute Gasteiger partial charge is 0.309 e. The molecule has 176 valence electrons. The third kappa shape index (κ3) is 7.35. The van der Waals surface area contributed by atoms with Crippen molar-refractivity contribution in [3.63, 3.8) is 0 Å². The summed E-state index contributed by atoms with van der Waals surface area (Å²) >= 11 is 0. The summed E-state index contributed by atoms with van der Waals surface area (Å²) < 4.78 is 16.7.